The largest absolute Gasteiger partial charge is 0.460 e. The molecule has 3 N–H and O–H groups in total. The van der Waals surface area contributed by atoms with E-state index >= 15 is 0 Å². The van der Waals surface area contributed by atoms with Crippen molar-refractivity contribution in [1.82, 2.24) is 4.90 Å². The van der Waals surface area contributed by atoms with Gasteiger partial charge in [-0.2, -0.15) is 0 Å². The highest BCUT2D eigenvalue weighted by atomic mass is 16.6. The number of aliphatic hydroxyl groups is 3. The van der Waals surface area contributed by atoms with E-state index in [2.05, 4.69) is 0 Å². The van der Waals surface area contributed by atoms with E-state index in [1.807, 2.05) is 58.1 Å². The number of piperidine rings is 1. The molecule has 0 spiro atoms. The minimum atomic E-state index is -2.44. The fourth-order valence-electron chi connectivity index (χ4n) is 10.5. The summed E-state index contributed by atoms with van der Waals surface area (Å²) in [5.41, 5.74) is 1.26. The Morgan fingerprint density at radius 1 is 0.853 bits per heavy atom. The highest BCUT2D eigenvalue weighted by molar-refractivity contribution is 6.39. The van der Waals surface area contributed by atoms with Crippen molar-refractivity contribution in [2.45, 2.75) is 180 Å². The first-order chi connectivity index (χ1) is 32.3. The first-order valence-electron chi connectivity index (χ1n) is 25.0. The van der Waals surface area contributed by atoms with Crippen molar-refractivity contribution < 1.29 is 67.7 Å². The number of nitrogens with zero attached hydrogens (tertiary/aromatic N) is 1. The SMILES string of the molecule is CO[C@H]1CC2CC[C@@H](C)[C@@](O)(O2)C(=O)C(=O)N2CCCC[C@H]2C(=O)O[C@H]([C@@H](C)C[C@@H]2CC[C@@H](OC)[C@H](OCCO)C2)CC(=O)[C@H](C)/C=C(\C)[C@@H](O)[C@@H](OC)C(=O)[C@H](C)C[C@H](C)\C=C/C=C/C=C/1C. The van der Waals surface area contributed by atoms with Crippen LogP contribution in [0.25, 0.3) is 0 Å². The number of aliphatic hydroxyl groups excluding tert-OH is 2. The number of allylic oxidation sites excluding steroid dienone is 6. The molecule has 1 amide bonds. The van der Waals surface area contributed by atoms with Crippen molar-refractivity contribution in [2.24, 2.45) is 35.5 Å². The third-order valence-electron chi connectivity index (χ3n) is 14.9. The second kappa shape index (κ2) is 27.3. The van der Waals surface area contributed by atoms with Crippen LogP contribution in [0.5, 0.6) is 0 Å². The molecular formula is C53H83NO14. The Balaban J connectivity index is 1.70. The number of amides is 1. The molecule has 3 fully saturated rings. The first-order valence-corrected chi connectivity index (χ1v) is 25.0. The number of esters is 1. The molecule has 4 aliphatic rings. The maximum absolute atomic E-state index is 14.5. The monoisotopic (exact) mass is 958 g/mol. The normalized spacial score (nSPS) is 39.2. The summed E-state index contributed by atoms with van der Waals surface area (Å²) >= 11 is 0. The van der Waals surface area contributed by atoms with Gasteiger partial charge in [-0.1, -0.05) is 71.1 Å². The van der Waals surface area contributed by atoms with E-state index in [1.165, 1.54) is 12.0 Å². The van der Waals surface area contributed by atoms with Crippen LogP contribution in [-0.4, -0.2) is 145 Å². The number of hydrogen-bond donors (Lipinski definition) is 3. The lowest BCUT2D eigenvalue weighted by Gasteiger charge is -2.42. The number of cyclic esters (lactones) is 1. The van der Waals surface area contributed by atoms with Crippen molar-refractivity contribution in [3.63, 3.8) is 0 Å². The average molecular weight is 958 g/mol. The molecule has 384 valence electrons. The summed E-state index contributed by atoms with van der Waals surface area (Å²) in [6.45, 7) is 12.8. The number of ketones is 3. The van der Waals surface area contributed by atoms with Crippen LogP contribution in [0.3, 0.4) is 0 Å². The first kappa shape index (κ1) is 57.2. The number of ether oxygens (including phenoxy) is 6. The van der Waals surface area contributed by atoms with E-state index in [1.54, 1.807) is 41.1 Å². The van der Waals surface area contributed by atoms with Gasteiger partial charge in [-0.3, -0.25) is 19.2 Å². The van der Waals surface area contributed by atoms with Gasteiger partial charge in [-0.15, -0.1) is 0 Å². The maximum atomic E-state index is 14.5. The van der Waals surface area contributed by atoms with Gasteiger partial charge < -0.3 is 48.6 Å². The molecule has 0 radical (unpaired) electrons. The minimum Gasteiger partial charge on any atom is -0.460 e. The van der Waals surface area contributed by atoms with E-state index in [0.717, 1.165) is 18.4 Å². The van der Waals surface area contributed by atoms with E-state index < -0.39 is 77.8 Å². The Hall–Kier alpha value is -3.41. The molecule has 0 aromatic heterocycles. The second-order valence-electron chi connectivity index (χ2n) is 20.2. The Morgan fingerprint density at radius 2 is 1.59 bits per heavy atom. The van der Waals surface area contributed by atoms with Crippen molar-refractivity contribution in [3.8, 4) is 0 Å². The fraction of sp³-hybridized carbons (Fsp3) is 0.755. The summed E-state index contributed by atoms with van der Waals surface area (Å²) < 4.78 is 35.6. The van der Waals surface area contributed by atoms with Crippen molar-refractivity contribution >= 4 is 29.2 Å². The molecule has 15 heteroatoms. The van der Waals surface area contributed by atoms with Gasteiger partial charge in [-0.25, -0.2) is 4.79 Å². The molecule has 3 heterocycles. The fourth-order valence-corrected chi connectivity index (χ4v) is 10.5. The van der Waals surface area contributed by atoms with Crippen LogP contribution in [0.4, 0.5) is 0 Å². The van der Waals surface area contributed by atoms with Crippen molar-refractivity contribution in [3.05, 3.63) is 47.6 Å². The third-order valence-corrected chi connectivity index (χ3v) is 14.9. The highest BCUT2D eigenvalue weighted by Crippen LogP contribution is 2.38. The summed E-state index contributed by atoms with van der Waals surface area (Å²) in [6.07, 6.45) is 12.0. The highest BCUT2D eigenvalue weighted by Gasteiger charge is 2.53. The summed E-state index contributed by atoms with van der Waals surface area (Å²) in [5, 5.41) is 32.9. The molecule has 0 aromatic rings. The van der Waals surface area contributed by atoms with Crippen LogP contribution in [0, 0.1) is 35.5 Å². The number of rotatable bonds is 9. The van der Waals surface area contributed by atoms with E-state index in [-0.39, 0.29) is 74.1 Å². The summed E-state index contributed by atoms with van der Waals surface area (Å²) in [6, 6.07) is -1.15. The minimum absolute atomic E-state index is 0.0150. The van der Waals surface area contributed by atoms with Gasteiger partial charge in [0.25, 0.3) is 11.7 Å². The molecule has 4 rings (SSSR count). The molecule has 1 saturated carbocycles. The van der Waals surface area contributed by atoms with E-state index in [4.69, 9.17) is 28.4 Å². The Bertz CT molecular complexity index is 1810. The van der Waals surface area contributed by atoms with Gasteiger partial charge >= 0.3 is 5.97 Å². The predicted molar refractivity (Wildman–Crippen MR) is 256 cm³/mol. The number of fused-ring (bicyclic) bond motifs is 3. The molecule has 68 heavy (non-hydrogen) atoms. The molecule has 1 aliphatic carbocycles. The standard InChI is InChI=1S/C53H83NO14/c1-32-16-12-11-13-17-33(2)44(64-9)30-40-21-19-38(7)53(62,68-40)50(59)51(60)54-23-15-14-18-41(54)52(61)67-45(35(4)28-39-20-22-43(63-8)46(29-39)66-25-24-55)31-42(56)34(3)27-37(6)48(58)49(65-10)47(57)36(5)26-32/h11-13,16-17,27,32,34-36,38-41,43-46,48-49,55,58,62H,14-15,18-26,28-31H2,1-10H3/b13-11+,16-12-,33-17+,37-27+/t32-,34-,35+,36-,38-,39+,40?,41+,43-,44+,45+,46-,48-,49+,53-/m1/s1. The Morgan fingerprint density at radius 3 is 2.26 bits per heavy atom. The van der Waals surface area contributed by atoms with Crippen LogP contribution < -0.4 is 0 Å². The Kier molecular flexibility index (Phi) is 22.9. The number of carbonyl (C=O) groups excluding carboxylic acids is 5. The zero-order valence-electron chi connectivity index (χ0n) is 42.4. The molecule has 15 nitrogen and oxygen atoms in total. The van der Waals surface area contributed by atoms with Crippen LogP contribution in [0.2, 0.25) is 0 Å². The van der Waals surface area contributed by atoms with Crippen LogP contribution >= 0.6 is 0 Å². The van der Waals surface area contributed by atoms with E-state index in [0.29, 0.717) is 56.9 Å². The predicted octanol–water partition coefficient (Wildman–Crippen LogP) is 6.20. The molecule has 0 aromatic carbocycles. The van der Waals surface area contributed by atoms with E-state index in [9.17, 15) is 39.3 Å². The zero-order valence-corrected chi connectivity index (χ0v) is 42.4. The molecular weight excluding hydrogens is 875 g/mol. The number of methoxy groups -OCH3 is 3. The summed E-state index contributed by atoms with van der Waals surface area (Å²) in [4.78, 5) is 72.2. The van der Waals surface area contributed by atoms with Gasteiger partial charge in [0.05, 0.1) is 37.6 Å². The van der Waals surface area contributed by atoms with Gasteiger partial charge in [0.2, 0.25) is 5.79 Å². The third kappa shape index (κ3) is 15.3. The van der Waals surface area contributed by atoms with Crippen LogP contribution in [0.1, 0.15) is 126 Å². The molecule has 15 atom stereocenters. The van der Waals surface area contributed by atoms with Gasteiger partial charge in [0.1, 0.15) is 30.1 Å². The number of hydrogen-bond acceptors (Lipinski definition) is 14. The van der Waals surface area contributed by atoms with Gasteiger partial charge in [0.15, 0.2) is 5.78 Å². The molecule has 3 aliphatic heterocycles. The number of carbonyl (C=O) groups is 5. The Labute approximate surface area is 405 Å². The van der Waals surface area contributed by atoms with Crippen LogP contribution in [0.15, 0.2) is 47.6 Å². The van der Waals surface area contributed by atoms with Crippen LogP contribution in [-0.2, 0) is 52.4 Å². The average Bonchev–Trinajstić information content (AvgIpc) is 3.32. The lowest BCUT2D eigenvalue weighted by Crippen LogP contribution is -2.61. The van der Waals surface area contributed by atoms with Gasteiger partial charge in [-0.05, 0) is 107 Å². The second-order valence-corrected chi connectivity index (χ2v) is 20.2. The number of Topliss-reactive ketones (excluding diaryl/α,β-unsaturated/α-hetero) is 3. The zero-order chi connectivity index (χ0) is 50.3. The van der Waals surface area contributed by atoms with Crippen molar-refractivity contribution in [1.29, 1.82) is 0 Å². The maximum Gasteiger partial charge on any atom is 0.329 e. The molecule has 2 bridgehead atoms. The lowest BCUT2D eigenvalue weighted by molar-refractivity contribution is -0.265. The topological polar surface area (TPSA) is 205 Å². The molecule has 2 saturated heterocycles. The summed E-state index contributed by atoms with van der Waals surface area (Å²) in [5.74, 6) is -8.01. The van der Waals surface area contributed by atoms with Crippen molar-refractivity contribution in [2.75, 3.05) is 41.1 Å². The van der Waals surface area contributed by atoms with Gasteiger partial charge in [0, 0.05) is 58.5 Å². The summed E-state index contributed by atoms with van der Waals surface area (Å²) in [7, 11) is 4.59. The molecule has 1 unspecified atom stereocenters. The quantitative estimate of drug-likeness (QED) is 0.134. The lowest BCUT2D eigenvalue weighted by atomic mass is 9.78. The smallest absolute Gasteiger partial charge is 0.329 e.